The normalized spacial score (nSPS) is 7.25. The van der Waals surface area contributed by atoms with E-state index in [2.05, 4.69) is 0 Å². The smallest absolute Gasteiger partial charge is 0.759 e. The Labute approximate surface area is 58.3 Å². The third-order valence-corrected chi connectivity index (χ3v) is 0. The molecule has 8 heteroatoms. The zero-order valence-electron chi connectivity index (χ0n) is 4.04. The van der Waals surface area contributed by atoms with Crippen LogP contribution >= 0.6 is 0 Å². The number of rotatable bonds is 0. The average Bonchev–Trinajstić information content (AvgIpc) is 0.722. The van der Waals surface area contributed by atoms with Crippen LogP contribution in [0.1, 0.15) is 0 Å². The van der Waals surface area contributed by atoms with Gasteiger partial charge in [0.05, 0.1) is 0 Å². The van der Waals surface area contributed by atoms with E-state index in [4.69, 9.17) is 17.5 Å². The molecule has 0 heterocycles. The van der Waals surface area contributed by atoms with Crippen LogP contribution in [0.3, 0.4) is 0 Å². The van der Waals surface area contributed by atoms with Crippen LogP contribution in [0.15, 0.2) is 0 Å². The summed E-state index contributed by atoms with van der Waals surface area (Å²) in [6, 6.07) is 0. The summed E-state index contributed by atoms with van der Waals surface area (Å²) in [7, 11) is -5.17. The van der Waals surface area contributed by atoms with Crippen molar-refractivity contribution >= 4 is 10.4 Å². The second kappa shape index (κ2) is 7.39. The molecule has 0 atom stereocenters. The Bertz CT molecular complexity index is 91.7. The van der Waals surface area contributed by atoms with E-state index in [1.165, 1.54) is 0 Å². The van der Waals surface area contributed by atoms with Crippen molar-refractivity contribution in [2.45, 2.75) is 0 Å². The van der Waals surface area contributed by atoms with Crippen LogP contribution in [0.4, 0.5) is 0 Å². The van der Waals surface area contributed by atoms with Crippen LogP contribution in [-0.4, -0.2) is 28.5 Å². The third-order valence-electron chi connectivity index (χ3n) is 0. The van der Waals surface area contributed by atoms with Gasteiger partial charge in [0, 0.05) is 10.4 Å². The minimum atomic E-state index is -5.17. The maximum absolute atomic E-state index is 8.52. The molecule has 0 saturated heterocycles. The maximum Gasteiger partial charge on any atom is 1.00 e. The summed E-state index contributed by atoms with van der Waals surface area (Å²) in [6.45, 7) is 0. The first-order chi connectivity index (χ1) is 2.00. The molecular formula is H4LiO6S-. The van der Waals surface area contributed by atoms with Crippen LogP contribution in [0.5, 0.6) is 0 Å². The van der Waals surface area contributed by atoms with Crippen LogP contribution < -0.4 is 18.9 Å². The fourth-order valence-corrected chi connectivity index (χ4v) is 0. The summed E-state index contributed by atoms with van der Waals surface area (Å²) in [5.74, 6) is 0. The summed E-state index contributed by atoms with van der Waals surface area (Å²) < 4.78 is 34.1. The van der Waals surface area contributed by atoms with E-state index < -0.39 is 10.4 Å². The summed E-state index contributed by atoms with van der Waals surface area (Å²) in [4.78, 5) is 0. The summed E-state index contributed by atoms with van der Waals surface area (Å²) >= 11 is 0. The SMILES string of the molecule is O.O.O=S(=O)([O-])[O-].[Li+]. The second-order valence-electron chi connectivity index (χ2n) is 0.408. The van der Waals surface area contributed by atoms with E-state index in [1.54, 1.807) is 0 Å². The van der Waals surface area contributed by atoms with Gasteiger partial charge in [0.1, 0.15) is 0 Å². The number of hydrogen-bond acceptors (Lipinski definition) is 4. The predicted molar refractivity (Wildman–Crippen MR) is 17.7 cm³/mol. The van der Waals surface area contributed by atoms with Gasteiger partial charge in [-0.15, -0.1) is 0 Å². The quantitative estimate of drug-likeness (QED) is 0.187. The van der Waals surface area contributed by atoms with Crippen molar-refractivity contribution in [1.82, 2.24) is 0 Å². The Morgan fingerprint density at radius 1 is 1.00 bits per heavy atom. The van der Waals surface area contributed by atoms with Gasteiger partial charge in [-0.3, -0.25) is 8.42 Å². The molecule has 0 aliphatic heterocycles. The first-order valence-electron chi connectivity index (χ1n) is 0.667. The molecule has 0 aromatic carbocycles. The Morgan fingerprint density at radius 2 is 1.00 bits per heavy atom. The molecule has 0 rings (SSSR count). The fraction of sp³-hybridized carbons (Fsp3) is 0. The van der Waals surface area contributed by atoms with Crippen molar-refractivity contribution in [2.24, 2.45) is 0 Å². The van der Waals surface area contributed by atoms with Gasteiger partial charge in [0.2, 0.25) is 0 Å². The van der Waals surface area contributed by atoms with Gasteiger partial charge >= 0.3 is 18.9 Å². The summed E-state index contributed by atoms with van der Waals surface area (Å²) in [5, 5.41) is 0. The molecule has 0 aliphatic carbocycles. The maximum atomic E-state index is 8.52. The van der Waals surface area contributed by atoms with Crippen LogP contribution in [0, 0.1) is 0 Å². The van der Waals surface area contributed by atoms with Crippen LogP contribution in [0.25, 0.3) is 0 Å². The van der Waals surface area contributed by atoms with Crippen molar-refractivity contribution in [2.75, 3.05) is 0 Å². The minimum Gasteiger partial charge on any atom is -0.759 e. The molecule has 0 radical (unpaired) electrons. The van der Waals surface area contributed by atoms with Gasteiger partial charge in [-0.1, -0.05) is 0 Å². The molecule has 0 aliphatic rings. The van der Waals surface area contributed by atoms with Crippen molar-refractivity contribution in [3.63, 3.8) is 0 Å². The minimum absolute atomic E-state index is 0. The van der Waals surface area contributed by atoms with E-state index >= 15 is 0 Å². The molecule has 0 spiro atoms. The molecule has 6 nitrogen and oxygen atoms in total. The molecule has 4 N–H and O–H groups in total. The molecular weight excluding hydrogens is 135 g/mol. The number of hydrogen-bond donors (Lipinski definition) is 0. The van der Waals surface area contributed by atoms with Crippen molar-refractivity contribution in [3.05, 3.63) is 0 Å². The van der Waals surface area contributed by atoms with Gasteiger partial charge in [-0.05, 0) is 0 Å². The third kappa shape index (κ3) is 1240. The van der Waals surface area contributed by atoms with E-state index in [1.807, 2.05) is 0 Å². The monoisotopic (exact) mass is 139 g/mol. The average molecular weight is 139 g/mol. The van der Waals surface area contributed by atoms with Gasteiger partial charge < -0.3 is 20.1 Å². The standard InChI is InChI=1S/Li.H2O4S.2H2O/c;1-5(2,3)4;;/h;(H2,1,2,3,4);2*1H2/q+1;;;/p-2. The van der Waals surface area contributed by atoms with Crippen molar-refractivity contribution in [3.8, 4) is 0 Å². The molecule has 48 valence electrons. The molecule has 0 saturated carbocycles. The molecule has 0 aromatic heterocycles. The van der Waals surface area contributed by atoms with Gasteiger partial charge in [-0.25, -0.2) is 0 Å². The van der Waals surface area contributed by atoms with Gasteiger partial charge in [-0.2, -0.15) is 0 Å². The van der Waals surface area contributed by atoms with Crippen LogP contribution in [-0.2, 0) is 10.4 Å². The summed E-state index contributed by atoms with van der Waals surface area (Å²) in [5.41, 5.74) is 0. The van der Waals surface area contributed by atoms with E-state index in [0.717, 1.165) is 0 Å². The Hall–Kier alpha value is 0.387. The fourth-order valence-electron chi connectivity index (χ4n) is 0. The van der Waals surface area contributed by atoms with Crippen LogP contribution in [0.2, 0.25) is 0 Å². The Balaban J connectivity index is -0.0000000267. The predicted octanol–water partition coefficient (Wildman–Crippen LogP) is -5.98. The molecule has 0 aromatic rings. The van der Waals surface area contributed by atoms with E-state index in [0.29, 0.717) is 0 Å². The molecule has 0 amide bonds. The molecule has 8 heavy (non-hydrogen) atoms. The molecule has 0 fully saturated rings. The van der Waals surface area contributed by atoms with Gasteiger partial charge in [0.25, 0.3) is 0 Å². The van der Waals surface area contributed by atoms with E-state index in [9.17, 15) is 0 Å². The van der Waals surface area contributed by atoms with Crippen molar-refractivity contribution < 1.29 is 47.3 Å². The first kappa shape index (κ1) is 23.8. The molecule has 0 unspecified atom stereocenters. The zero-order valence-corrected chi connectivity index (χ0v) is 4.86. The largest absolute Gasteiger partial charge is 1.00 e. The zero-order chi connectivity index (χ0) is 4.50. The van der Waals surface area contributed by atoms with Crippen molar-refractivity contribution in [1.29, 1.82) is 0 Å². The first-order valence-corrected chi connectivity index (χ1v) is 2.00. The Kier molecular flexibility index (Phi) is 22.0. The summed E-state index contributed by atoms with van der Waals surface area (Å²) in [6.07, 6.45) is 0. The topological polar surface area (TPSA) is 143 Å². The second-order valence-corrected chi connectivity index (χ2v) is 1.22. The molecule has 0 bridgehead atoms. The Morgan fingerprint density at radius 3 is 1.00 bits per heavy atom. The van der Waals surface area contributed by atoms with E-state index in [-0.39, 0.29) is 29.8 Å². The van der Waals surface area contributed by atoms with Gasteiger partial charge in [0.15, 0.2) is 0 Å².